The van der Waals surface area contributed by atoms with Gasteiger partial charge in [-0.25, -0.2) is 4.79 Å². The molecule has 1 heterocycles. The molecule has 1 aliphatic rings. The maximum atomic E-state index is 11.0. The van der Waals surface area contributed by atoms with Crippen molar-refractivity contribution in [2.45, 2.75) is 38.3 Å². The predicted molar refractivity (Wildman–Crippen MR) is 149 cm³/mol. The summed E-state index contributed by atoms with van der Waals surface area (Å²) in [5, 5.41) is 15.3. The second-order valence-corrected chi connectivity index (χ2v) is 9.47. The van der Waals surface area contributed by atoms with Gasteiger partial charge < -0.3 is 19.9 Å². The number of hydrogen-bond donors (Lipinski definition) is 2. The molecule has 0 saturated carbocycles. The zero-order valence-electron chi connectivity index (χ0n) is 21.0. The third kappa shape index (κ3) is 5.90. The summed E-state index contributed by atoms with van der Waals surface area (Å²) in [5.74, 6) is 0.648. The highest BCUT2D eigenvalue weighted by Crippen LogP contribution is 2.41. The van der Waals surface area contributed by atoms with Crippen molar-refractivity contribution in [2.24, 2.45) is 0 Å². The van der Waals surface area contributed by atoms with Gasteiger partial charge in [0.25, 0.3) is 0 Å². The lowest BCUT2D eigenvalue weighted by molar-refractivity contribution is -0.139. The summed E-state index contributed by atoms with van der Waals surface area (Å²) in [6, 6.07) is 29.4. The van der Waals surface area contributed by atoms with E-state index in [4.69, 9.17) is 14.6 Å². The third-order valence-electron chi connectivity index (χ3n) is 6.99. The lowest BCUT2D eigenvalue weighted by Gasteiger charge is -2.33. The molecule has 5 nitrogen and oxygen atoms in total. The Morgan fingerprint density at radius 3 is 2.65 bits per heavy atom. The molecule has 0 bridgehead atoms. The molecule has 0 amide bonds. The smallest absolute Gasteiger partial charge is 0.341 e. The first-order valence-corrected chi connectivity index (χ1v) is 12.4. The van der Waals surface area contributed by atoms with Gasteiger partial charge in [0.1, 0.15) is 17.6 Å². The number of halogens is 1. The van der Waals surface area contributed by atoms with Crippen LogP contribution < -0.4 is 14.8 Å². The van der Waals surface area contributed by atoms with Crippen molar-refractivity contribution in [1.29, 1.82) is 0 Å². The minimum Gasteiger partial charge on any atom is -0.489 e. The number of aryl methyl sites for hydroxylation is 1. The number of rotatable bonds is 8. The Hall–Kier alpha value is -3.54. The lowest BCUT2D eigenvalue weighted by Crippen LogP contribution is -2.37. The van der Waals surface area contributed by atoms with Crippen LogP contribution in [0.4, 0.5) is 0 Å². The van der Waals surface area contributed by atoms with Crippen LogP contribution in [0.5, 0.6) is 11.5 Å². The van der Waals surface area contributed by atoms with E-state index in [-0.39, 0.29) is 37.1 Å². The number of ether oxygens (including phenoxy) is 2. The van der Waals surface area contributed by atoms with E-state index in [1.54, 1.807) is 0 Å². The Labute approximate surface area is 223 Å². The lowest BCUT2D eigenvalue weighted by atomic mass is 9.83. The molecule has 4 aromatic carbocycles. The van der Waals surface area contributed by atoms with Gasteiger partial charge in [0, 0.05) is 24.1 Å². The number of benzene rings is 4. The summed E-state index contributed by atoms with van der Waals surface area (Å²) in [7, 11) is 0. The maximum Gasteiger partial charge on any atom is 0.341 e. The summed E-state index contributed by atoms with van der Waals surface area (Å²) in [5.41, 5.74) is 4.44. The van der Waals surface area contributed by atoms with Crippen molar-refractivity contribution in [3.63, 3.8) is 0 Å². The van der Waals surface area contributed by atoms with Crippen LogP contribution in [0.15, 0.2) is 84.9 Å². The monoisotopic (exact) mass is 517 g/mol. The average Bonchev–Trinajstić information content (AvgIpc) is 2.90. The maximum absolute atomic E-state index is 11.0. The van der Waals surface area contributed by atoms with E-state index in [1.165, 1.54) is 16.3 Å². The van der Waals surface area contributed by atoms with Gasteiger partial charge in [0.05, 0.1) is 0 Å². The number of carboxylic acid groups (broad SMARTS) is 1. The molecule has 0 saturated heterocycles. The van der Waals surface area contributed by atoms with Crippen molar-refractivity contribution in [1.82, 2.24) is 5.32 Å². The number of carbonyl (C=O) groups is 1. The van der Waals surface area contributed by atoms with Crippen molar-refractivity contribution in [3.05, 3.63) is 107 Å². The average molecular weight is 518 g/mol. The topological polar surface area (TPSA) is 67.8 Å². The second kappa shape index (κ2) is 11.7. The largest absolute Gasteiger partial charge is 0.489 e. The minimum atomic E-state index is -0.984. The number of para-hydroxylation sites is 1. The molecule has 1 unspecified atom stereocenters. The highest BCUT2D eigenvalue weighted by molar-refractivity contribution is 5.86. The third-order valence-corrected chi connectivity index (χ3v) is 6.99. The van der Waals surface area contributed by atoms with Crippen LogP contribution in [0.25, 0.3) is 10.8 Å². The first kappa shape index (κ1) is 26.5. The number of hydrogen-bond acceptors (Lipinski definition) is 4. The van der Waals surface area contributed by atoms with Crippen molar-refractivity contribution < 1.29 is 19.4 Å². The number of carboxylic acids is 1. The molecule has 0 fully saturated rings. The molecule has 5 rings (SSSR count). The standard InChI is InChI=1S/C31H31NO4.ClH/c1-20-14-15-23(16-30(20)35-19-31(33)34)28-17-24(36-29-13-6-5-11-27(28)29)18-32-21(2)25-12-7-9-22-8-3-4-10-26(22)25;/h3-16,21,24,28,32H,17-19H2,1-2H3,(H,33,34);1H/t21?,24-,28+;/m1./s1. The molecule has 0 radical (unpaired) electrons. The molecular weight excluding hydrogens is 486 g/mol. The van der Waals surface area contributed by atoms with Crippen LogP contribution in [-0.2, 0) is 4.79 Å². The van der Waals surface area contributed by atoms with Crippen molar-refractivity contribution >= 4 is 29.1 Å². The first-order valence-electron chi connectivity index (χ1n) is 12.4. The molecule has 192 valence electrons. The quantitative estimate of drug-likeness (QED) is 0.273. The molecule has 0 spiro atoms. The molecule has 37 heavy (non-hydrogen) atoms. The molecule has 1 aliphatic heterocycles. The predicted octanol–water partition coefficient (Wildman–Crippen LogP) is 6.67. The molecular formula is C31H32ClNO4. The molecule has 4 aromatic rings. The zero-order valence-corrected chi connectivity index (χ0v) is 21.8. The minimum absolute atomic E-state index is 0. The summed E-state index contributed by atoms with van der Waals surface area (Å²) >= 11 is 0. The molecule has 2 N–H and O–H groups in total. The highest BCUT2D eigenvalue weighted by atomic mass is 35.5. The van der Waals surface area contributed by atoms with E-state index >= 15 is 0 Å². The zero-order chi connectivity index (χ0) is 25.1. The first-order chi connectivity index (χ1) is 17.5. The van der Waals surface area contributed by atoms with Crippen LogP contribution in [0.2, 0.25) is 0 Å². The summed E-state index contributed by atoms with van der Waals surface area (Å²) < 4.78 is 12.0. The normalized spacial score (nSPS) is 17.2. The Bertz CT molecular complexity index is 1380. The van der Waals surface area contributed by atoms with Crippen LogP contribution in [0, 0.1) is 6.92 Å². The number of nitrogens with one attached hydrogen (secondary N) is 1. The molecule has 6 heteroatoms. The Balaban J connectivity index is 0.00000320. The van der Waals surface area contributed by atoms with Crippen molar-refractivity contribution in [3.8, 4) is 11.5 Å². The fourth-order valence-electron chi connectivity index (χ4n) is 5.11. The summed E-state index contributed by atoms with van der Waals surface area (Å²) in [6.07, 6.45) is 0.806. The highest BCUT2D eigenvalue weighted by Gasteiger charge is 2.30. The van der Waals surface area contributed by atoms with E-state index in [2.05, 4.69) is 66.8 Å². The van der Waals surface area contributed by atoms with Gasteiger partial charge in [-0.2, -0.15) is 0 Å². The van der Waals surface area contributed by atoms with E-state index in [9.17, 15) is 4.79 Å². The molecule has 3 atom stereocenters. The van der Waals surface area contributed by atoms with E-state index in [1.807, 2.05) is 37.3 Å². The number of fused-ring (bicyclic) bond motifs is 2. The summed E-state index contributed by atoms with van der Waals surface area (Å²) in [4.78, 5) is 11.0. The van der Waals surface area contributed by atoms with Gasteiger partial charge in [-0.15, -0.1) is 12.4 Å². The Morgan fingerprint density at radius 2 is 1.81 bits per heavy atom. The summed E-state index contributed by atoms with van der Waals surface area (Å²) in [6.45, 7) is 4.49. The Morgan fingerprint density at radius 1 is 1.05 bits per heavy atom. The van der Waals surface area contributed by atoms with Crippen LogP contribution in [0.3, 0.4) is 0 Å². The fourth-order valence-corrected chi connectivity index (χ4v) is 5.11. The van der Waals surface area contributed by atoms with Crippen LogP contribution >= 0.6 is 12.4 Å². The van der Waals surface area contributed by atoms with E-state index < -0.39 is 5.97 Å². The second-order valence-electron chi connectivity index (χ2n) is 9.47. The fraction of sp³-hybridized carbons (Fsp3) is 0.258. The SMILES string of the molecule is Cc1ccc([C@@H]2C[C@H](CNC(C)c3cccc4ccccc34)Oc3ccccc32)cc1OCC(=O)O.Cl. The van der Waals surface area contributed by atoms with Crippen molar-refractivity contribution in [2.75, 3.05) is 13.2 Å². The van der Waals surface area contributed by atoms with Gasteiger partial charge in [-0.1, -0.05) is 72.8 Å². The van der Waals surface area contributed by atoms with Gasteiger partial charge in [0.2, 0.25) is 0 Å². The molecule has 0 aromatic heterocycles. The number of aliphatic carboxylic acids is 1. The Kier molecular flexibility index (Phi) is 8.37. The van der Waals surface area contributed by atoms with E-state index in [0.717, 1.165) is 28.9 Å². The van der Waals surface area contributed by atoms with Gasteiger partial charge in [0.15, 0.2) is 6.61 Å². The van der Waals surface area contributed by atoms with E-state index in [0.29, 0.717) is 12.3 Å². The molecule has 0 aliphatic carbocycles. The van der Waals surface area contributed by atoms with Gasteiger partial charge in [-0.3, -0.25) is 0 Å². The van der Waals surface area contributed by atoms with Gasteiger partial charge >= 0.3 is 5.97 Å². The van der Waals surface area contributed by atoms with Crippen LogP contribution in [-0.4, -0.2) is 30.3 Å². The van der Waals surface area contributed by atoms with Crippen LogP contribution in [0.1, 0.15) is 47.6 Å². The van der Waals surface area contributed by atoms with Gasteiger partial charge in [-0.05, 0) is 59.9 Å².